The van der Waals surface area contributed by atoms with Crippen LogP contribution >= 0.6 is 22.7 Å². The number of hydrogen-bond donors (Lipinski definition) is 2. The van der Waals surface area contributed by atoms with Crippen molar-refractivity contribution in [2.24, 2.45) is 17.8 Å². The SMILES string of the molecule is O=C(COC(=O)c1csc(-c2cccs2)n1)NC(=O)NC12CC3CC(CC(C3)C1)C2. The Hall–Kier alpha value is -2.26. The average molecular weight is 446 g/mol. The lowest BCUT2D eigenvalue weighted by atomic mass is 9.53. The fourth-order valence-corrected chi connectivity index (χ4v) is 7.39. The second-order valence-corrected chi connectivity index (χ2v) is 10.6. The van der Waals surface area contributed by atoms with Gasteiger partial charge in [-0.25, -0.2) is 14.6 Å². The molecule has 0 aromatic carbocycles. The maximum atomic E-state index is 12.4. The number of esters is 1. The number of urea groups is 1. The molecule has 2 aromatic rings. The second kappa shape index (κ2) is 7.77. The van der Waals surface area contributed by atoms with Crippen LogP contribution in [0.25, 0.3) is 9.88 Å². The topological polar surface area (TPSA) is 97.4 Å². The molecular formula is C21H23N3O4S2. The van der Waals surface area contributed by atoms with Crippen LogP contribution in [0.4, 0.5) is 4.79 Å². The number of nitrogens with one attached hydrogen (secondary N) is 2. The van der Waals surface area contributed by atoms with Gasteiger partial charge >= 0.3 is 12.0 Å². The van der Waals surface area contributed by atoms with Crippen molar-refractivity contribution < 1.29 is 19.1 Å². The molecule has 0 spiro atoms. The van der Waals surface area contributed by atoms with Crippen LogP contribution in [-0.2, 0) is 9.53 Å². The largest absolute Gasteiger partial charge is 0.451 e. The standard InChI is InChI=1S/C21H23N3O4S2/c25-17(10-28-19(26)15-11-30-18(22-15)16-2-1-3-29-16)23-20(27)24-21-7-12-4-13(8-21)6-14(5-12)9-21/h1-3,11-14H,4-10H2,(H2,23,24,25,27). The van der Waals surface area contributed by atoms with Gasteiger partial charge in [0, 0.05) is 10.9 Å². The molecule has 0 atom stereocenters. The summed E-state index contributed by atoms with van der Waals surface area (Å²) in [4.78, 5) is 41.9. The van der Waals surface area contributed by atoms with E-state index >= 15 is 0 Å². The molecule has 0 aliphatic heterocycles. The second-order valence-electron chi connectivity index (χ2n) is 8.79. The molecule has 158 valence electrons. The van der Waals surface area contributed by atoms with E-state index in [0.717, 1.165) is 29.1 Å². The Morgan fingerprint density at radius 2 is 1.80 bits per heavy atom. The number of amides is 3. The van der Waals surface area contributed by atoms with Crippen LogP contribution in [-0.4, -0.2) is 35.0 Å². The highest BCUT2D eigenvalue weighted by Gasteiger charge is 2.51. The van der Waals surface area contributed by atoms with Crippen LogP contribution in [0, 0.1) is 17.8 Å². The summed E-state index contributed by atoms with van der Waals surface area (Å²) in [7, 11) is 0. The number of thiazole rings is 1. The summed E-state index contributed by atoms with van der Waals surface area (Å²) < 4.78 is 5.03. The minimum Gasteiger partial charge on any atom is -0.451 e. The summed E-state index contributed by atoms with van der Waals surface area (Å²) in [5.41, 5.74) is -0.0107. The number of ether oxygens (including phenoxy) is 1. The molecule has 6 rings (SSSR count). The van der Waals surface area contributed by atoms with E-state index in [2.05, 4.69) is 15.6 Å². The zero-order valence-corrected chi connectivity index (χ0v) is 18.0. The third-order valence-corrected chi connectivity index (χ3v) is 8.33. The first kappa shape index (κ1) is 19.7. The Kier molecular flexibility index (Phi) is 5.10. The number of nitrogens with zero attached hydrogens (tertiary/aromatic N) is 1. The van der Waals surface area contributed by atoms with E-state index in [4.69, 9.17) is 4.74 Å². The number of aromatic nitrogens is 1. The van der Waals surface area contributed by atoms with E-state index in [1.807, 2.05) is 17.5 Å². The number of carbonyl (C=O) groups is 3. The molecule has 4 bridgehead atoms. The Bertz CT molecular complexity index is 934. The maximum Gasteiger partial charge on any atom is 0.358 e. The number of hydrogen-bond acceptors (Lipinski definition) is 7. The molecule has 4 saturated carbocycles. The maximum absolute atomic E-state index is 12.4. The molecule has 0 saturated heterocycles. The lowest BCUT2D eigenvalue weighted by molar-refractivity contribution is -0.123. The van der Waals surface area contributed by atoms with Gasteiger partial charge in [-0.15, -0.1) is 22.7 Å². The van der Waals surface area contributed by atoms with Crippen molar-refractivity contribution in [1.29, 1.82) is 0 Å². The molecule has 4 aliphatic carbocycles. The zero-order chi connectivity index (χ0) is 20.7. The molecular weight excluding hydrogens is 422 g/mol. The summed E-state index contributed by atoms with van der Waals surface area (Å²) >= 11 is 2.88. The highest BCUT2D eigenvalue weighted by Crippen LogP contribution is 2.55. The molecule has 0 unspecified atom stereocenters. The fraction of sp³-hybridized carbons (Fsp3) is 0.524. The van der Waals surface area contributed by atoms with E-state index in [1.165, 1.54) is 41.9 Å². The van der Waals surface area contributed by atoms with Crippen molar-refractivity contribution in [3.63, 3.8) is 0 Å². The van der Waals surface area contributed by atoms with Crippen LogP contribution < -0.4 is 10.6 Å². The molecule has 3 amide bonds. The lowest BCUT2D eigenvalue weighted by Gasteiger charge is -2.56. The molecule has 2 N–H and O–H groups in total. The highest BCUT2D eigenvalue weighted by atomic mass is 32.1. The average Bonchev–Trinajstić information content (AvgIpc) is 3.36. The summed E-state index contributed by atoms with van der Waals surface area (Å²) in [6, 6.07) is 3.35. The van der Waals surface area contributed by atoms with Gasteiger partial charge in [-0.05, 0) is 67.7 Å². The van der Waals surface area contributed by atoms with Crippen LogP contribution in [0.3, 0.4) is 0 Å². The van der Waals surface area contributed by atoms with Gasteiger partial charge in [0.1, 0.15) is 5.01 Å². The molecule has 2 aromatic heterocycles. The van der Waals surface area contributed by atoms with Gasteiger partial charge in [-0.3, -0.25) is 10.1 Å². The molecule has 7 nitrogen and oxygen atoms in total. The first-order valence-corrected chi connectivity index (χ1v) is 12.0. The van der Waals surface area contributed by atoms with Gasteiger partial charge < -0.3 is 10.1 Å². The van der Waals surface area contributed by atoms with Crippen molar-refractivity contribution >= 4 is 40.6 Å². The van der Waals surface area contributed by atoms with E-state index in [9.17, 15) is 14.4 Å². The Labute approximate surface area is 182 Å². The fourth-order valence-electron chi connectivity index (χ4n) is 5.78. The van der Waals surface area contributed by atoms with Gasteiger partial charge in [-0.2, -0.15) is 0 Å². The molecule has 4 aliphatic rings. The quantitative estimate of drug-likeness (QED) is 0.682. The number of rotatable bonds is 5. The molecule has 0 radical (unpaired) electrons. The van der Waals surface area contributed by atoms with Gasteiger partial charge in [-0.1, -0.05) is 6.07 Å². The first-order chi connectivity index (χ1) is 14.5. The van der Waals surface area contributed by atoms with Crippen molar-refractivity contribution in [3.05, 3.63) is 28.6 Å². The summed E-state index contributed by atoms with van der Waals surface area (Å²) in [5, 5.41) is 9.66. The molecule has 30 heavy (non-hydrogen) atoms. The predicted molar refractivity (Wildman–Crippen MR) is 113 cm³/mol. The predicted octanol–water partition coefficient (Wildman–Crippen LogP) is 3.82. The monoisotopic (exact) mass is 445 g/mol. The summed E-state index contributed by atoms with van der Waals surface area (Å²) in [6.45, 7) is -0.515. The zero-order valence-electron chi connectivity index (χ0n) is 16.4. The van der Waals surface area contributed by atoms with E-state index < -0.39 is 24.5 Å². The molecule has 4 fully saturated rings. The van der Waals surface area contributed by atoms with Crippen molar-refractivity contribution in [2.75, 3.05) is 6.61 Å². The minimum atomic E-state index is -0.675. The number of imide groups is 1. The lowest BCUT2D eigenvalue weighted by Crippen LogP contribution is -2.62. The summed E-state index contributed by atoms with van der Waals surface area (Å²) in [6.07, 6.45) is 6.86. The third-order valence-electron chi connectivity index (χ3n) is 6.45. The smallest absolute Gasteiger partial charge is 0.358 e. The van der Waals surface area contributed by atoms with Crippen molar-refractivity contribution in [1.82, 2.24) is 15.6 Å². The highest BCUT2D eigenvalue weighted by molar-refractivity contribution is 7.20. The molecule has 2 heterocycles. The summed E-state index contributed by atoms with van der Waals surface area (Å²) in [5.74, 6) is 0.783. The Morgan fingerprint density at radius 3 is 2.43 bits per heavy atom. The number of thiophene rings is 1. The van der Waals surface area contributed by atoms with Gasteiger partial charge in [0.05, 0.1) is 4.88 Å². The van der Waals surface area contributed by atoms with Gasteiger partial charge in [0.25, 0.3) is 5.91 Å². The van der Waals surface area contributed by atoms with Crippen molar-refractivity contribution in [3.8, 4) is 9.88 Å². The minimum absolute atomic E-state index is 0.161. The van der Waals surface area contributed by atoms with Gasteiger partial charge in [0.15, 0.2) is 12.3 Å². The van der Waals surface area contributed by atoms with E-state index in [0.29, 0.717) is 17.8 Å². The van der Waals surface area contributed by atoms with Crippen LogP contribution in [0.1, 0.15) is 49.0 Å². The van der Waals surface area contributed by atoms with Crippen molar-refractivity contribution in [2.45, 2.75) is 44.1 Å². The first-order valence-electron chi connectivity index (χ1n) is 10.3. The molecule has 9 heteroatoms. The van der Waals surface area contributed by atoms with Crippen LogP contribution in [0.5, 0.6) is 0 Å². The van der Waals surface area contributed by atoms with E-state index in [1.54, 1.807) is 5.38 Å². The Morgan fingerprint density at radius 1 is 1.10 bits per heavy atom. The normalized spacial score (nSPS) is 28.9. The van der Waals surface area contributed by atoms with Gasteiger partial charge in [0.2, 0.25) is 0 Å². The van der Waals surface area contributed by atoms with Crippen LogP contribution in [0.15, 0.2) is 22.9 Å². The number of carbonyl (C=O) groups excluding carboxylic acids is 3. The van der Waals surface area contributed by atoms with E-state index in [-0.39, 0.29) is 11.2 Å². The van der Waals surface area contributed by atoms with Crippen LogP contribution in [0.2, 0.25) is 0 Å². The Balaban J connectivity index is 1.10. The third kappa shape index (κ3) is 4.00.